The first-order valence-electron chi connectivity index (χ1n) is 7.14. The van der Waals surface area contributed by atoms with Crippen molar-refractivity contribution >= 4 is 5.91 Å². The summed E-state index contributed by atoms with van der Waals surface area (Å²) in [5.41, 5.74) is 0.777. The minimum Gasteiger partial charge on any atom is -0.356 e. The van der Waals surface area contributed by atoms with Crippen LogP contribution in [0.4, 0.5) is 0 Å². The Kier molecular flexibility index (Phi) is 5.42. The summed E-state index contributed by atoms with van der Waals surface area (Å²) >= 11 is 0. The van der Waals surface area contributed by atoms with Gasteiger partial charge in [0.25, 0.3) is 0 Å². The van der Waals surface area contributed by atoms with E-state index in [1.54, 1.807) is 6.20 Å². The van der Waals surface area contributed by atoms with Gasteiger partial charge in [0.2, 0.25) is 11.7 Å². The van der Waals surface area contributed by atoms with Gasteiger partial charge < -0.3 is 5.32 Å². The van der Waals surface area contributed by atoms with E-state index in [1.807, 2.05) is 12.1 Å². The van der Waals surface area contributed by atoms with Crippen LogP contribution in [0.15, 0.2) is 12.3 Å². The third-order valence-corrected chi connectivity index (χ3v) is 3.55. The zero-order valence-electron chi connectivity index (χ0n) is 13.5. The van der Waals surface area contributed by atoms with Crippen molar-refractivity contribution in [1.82, 2.24) is 15.3 Å². The number of rotatable bonds is 6. The second-order valence-electron chi connectivity index (χ2n) is 6.84. The van der Waals surface area contributed by atoms with Crippen molar-refractivity contribution in [3.63, 3.8) is 0 Å². The molecular weight excluding hydrogens is 264 g/mol. The standard InChI is InChI=1S/C16H24N4O/c1-12(21)18-9-7-15(2,3)11-16(4,5)13-6-8-19-14(10-17)20-13/h6,8H,7,9,11H2,1-5H3,(H,18,21). The molecule has 0 aromatic carbocycles. The number of nitrogens with zero attached hydrogens (tertiary/aromatic N) is 3. The monoisotopic (exact) mass is 288 g/mol. The largest absolute Gasteiger partial charge is 0.356 e. The Bertz CT molecular complexity index is 543. The first kappa shape index (κ1) is 17.1. The van der Waals surface area contributed by atoms with Gasteiger partial charge in [-0.15, -0.1) is 0 Å². The molecule has 0 atom stereocenters. The maximum atomic E-state index is 10.9. The number of nitrogens with one attached hydrogen (secondary N) is 1. The molecule has 5 nitrogen and oxygen atoms in total. The van der Waals surface area contributed by atoms with Crippen LogP contribution in [-0.2, 0) is 10.2 Å². The molecule has 0 saturated carbocycles. The fourth-order valence-corrected chi connectivity index (χ4v) is 2.74. The van der Waals surface area contributed by atoms with E-state index in [9.17, 15) is 4.79 Å². The average Bonchev–Trinajstić information content (AvgIpc) is 2.36. The van der Waals surface area contributed by atoms with Crippen LogP contribution in [0.25, 0.3) is 0 Å². The summed E-state index contributed by atoms with van der Waals surface area (Å²) in [6.07, 6.45) is 3.43. The lowest BCUT2D eigenvalue weighted by molar-refractivity contribution is -0.119. The maximum Gasteiger partial charge on any atom is 0.232 e. The van der Waals surface area contributed by atoms with E-state index < -0.39 is 0 Å². The molecule has 0 aliphatic rings. The van der Waals surface area contributed by atoms with Gasteiger partial charge in [-0.2, -0.15) is 5.26 Å². The minimum absolute atomic E-state index is 0.000442. The first-order chi connectivity index (χ1) is 9.66. The van der Waals surface area contributed by atoms with E-state index in [0.717, 1.165) is 18.5 Å². The molecule has 0 saturated heterocycles. The Labute approximate surface area is 126 Å². The molecule has 1 heterocycles. The lowest BCUT2D eigenvalue weighted by atomic mass is 9.71. The Hall–Kier alpha value is -1.96. The first-order valence-corrected chi connectivity index (χ1v) is 7.14. The van der Waals surface area contributed by atoms with Crippen LogP contribution in [0.1, 0.15) is 59.0 Å². The van der Waals surface area contributed by atoms with E-state index in [0.29, 0.717) is 6.54 Å². The van der Waals surface area contributed by atoms with Gasteiger partial charge in [0, 0.05) is 25.1 Å². The van der Waals surface area contributed by atoms with Crippen molar-refractivity contribution in [3.05, 3.63) is 23.8 Å². The van der Waals surface area contributed by atoms with Crippen LogP contribution >= 0.6 is 0 Å². The quantitative estimate of drug-likeness (QED) is 0.872. The molecular formula is C16H24N4O. The number of hydrogen-bond donors (Lipinski definition) is 1. The van der Waals surface area contributed by atoms with Crippen LogP contribution in [0.3, 0.4) is 0 Å². The molecule has 0 unspecified atom stereocenters. The number of carbonyl (C=O) groups excluding carboxylic acids is 1. The molecule has 1 rings (SSSR count). The van der Waals surface area contributed by atoms with Gasteiger partial charge in [0.1, 0.15) is 6.07 Å². The molecule has 0 bridgehead atoms. The lowest BCUT2D eigenvalue weighted by Gasteiger charge is -2.34. The molecule has 1 aromatic heterocycles. The van der Waals surface area contributed by atoms with Crippen LogP contribution in [0.2, 0.25) is 0 Å². The highest BCUT2D eigenvalue weighted by atomic mass is 16.1. The SMILES string of the molecule is CC(=O)NCCC(C)(C)CC(C)(C)c1ccnc(C#N)n1. The molecule has 5 heteroatoms. The van der Waals surface area contributed by atoms with Crippen LogP contribution in [0, 0.1) is 16.7 Å². The zero-order chi connectivity index (χ0) is 16.1. The fourth-order valence-electron chi connectivity index (χ4n) is 2.74. The lowest BCUT2D eigenvalue weighted by Crippen LogP contribution is -2.31. The third kappa shape index (κ3) is 5.50. The highest BCUT2D eigenvalue weighted by Gasteiger charge is 2.31. The maximum absolute atomic E-state index is 10.9. The normalized spacial score (nSPS) is 11.8. The van der Waals surface area contributed by atoms with Crippen molar-refractivity contribution in [1.29, 1.82) is 5.26 Å². The van der Waals surface area contributed by atoms with Crippen LogP contribution < -0.4 is 5.32 Å². The van der Waals surface area contributed by atoms with Crippen molar-refractivity contribution in [2.75, 3.05) is 6.54 Å². The number of nitriles is 1. The summed E-state index contributed by atoms with van der Waals surface area (Å²) in [6, 6.07) is 3.85. The van der Waals surface area contributed by atoms with Crippen molar-refractivity contribution < 1.29 is 4.79 Å². The summed E-state index contributed by atoms with van der Waals surface area (Å²) < 4.78 is 0. The smallest absolute Gasteiger partial charge is 0.232 e. The molecule has 0 aliphatic carbocycles. The van der Waals surface area contributed by atoms with Gasteiger partial charge in [0.05, 0.1) is 5.69 Å². The number of amides is 1. The van der Waals surface area contributed by atoms with Crippen molar-refractivity contribution in [2.45, 2.75) is 52.9 Å². The van der Waals surface area contributed by atoms with E-state index in [4.69, 9.17) is 5.26 Å². The van der Waals surface area contributed by atoms with E-state index in [-0.39, 0.29) is 22.6 Å². The average molecular weight is 288 g/mol. The van der Waals surface area contributed by atoms with Gasteiger partial charge in [-0.3, -0.25) is 4.79 Å². The summed E-state index contributed by atoms with van der Waals surface area (Å²) in [6.45, 7) is 10.8. The molecule has 1 amide bonds. The van der Waals surface area contributed by atoms with Crippen LogP contribution in [-0.4, -0.2) is 22.4 Å². The van der Waals surface area contributed by atoms with E-state index >= 15 is 0 Å². The van der Waals surface area contributed by atoms with Gasteiger partial charge in [-0.05, 0) is 24.3 Å². The molecule has 1 N–H and O–H groups in total. The Morgan fingerprint density at radius 3 is 2.62 bits per heavy atom. The predicted molar refractivity (Wildman–Crippen MR) is 81.5 cm³/mol. The van der Waals surface area contributed by atoms with Crippen molar-refractivity contribution in [2.24, 2.45) is 5.41 Å². The molecule has 0 radical (unpaired) electrons. The minimum atomic E-state index is -0.158. The Morgan fingerprint density at radius 2 is 2.05 bits per heavy atom. The highest BCUT2D eigenvalue weighted by Crippen LogP contribution is 2.37. The summed E-state index contributed by atoms with van der Waals surface area (Å²) in [5, 5.41) is 11.8. The second kappa shape index (κ2) is 6.66. The molecule has 0 aliphatic heterocycles. The number of aromatic nitrogens is 2. The molecule has 114 valence electrons. The number of hydrogen-bond acceptors (Lipinski definition) is 4. The summed E-state index contributed by atoms with van der Waals surface area (Å²) in [4.78, 5) is 19.2. The molecule has 0 spiro atoms. The highest BCUT2D eigenvalue weighted by molar-refractivity contribution is 5.72. The van der Waals surface area contributed by atoms with E-state index in [1.165, 1.54) is 6.92 Å². The van der Waals surface area contributed by atoms with Gasteiger partial charge in [-0.25, -0.2) is 9.97 Å². The van der Waals surface area contributed by atoms with Gasteiger partial charge >= 0.3 is 0 Å². The zero-order valence-corrected chi connectivity index (χ0v) is 13.5. The molecule has 1 aromatic rings. The topological polar surface area (TPSA) is 78.7 Å². The number of carbonyl (C=O) groups is 1. The van der Waals surface area contributed by atoms with Gasteiger partial charge in [-0.1, -0.05) is 27.7 Å². The van der Waals surface area contributed by atoms with Crippen LogP contribution in [0.5, 0.6) is 0 Å². The third-order valence-electron chi connectivity index (χ3n) is 3.55. The Balaban J connectivity index is 2.78. The molecule has 0 fully saturated rings. The van der Waals surface area contributed by atoms with E-state index in [2.05, 4.69) is 43.0 Å². The summed E-state index contributed by atoms with van der Waals surface area (Å²) in [5.74, 6) is 0.205. The second-order valence-corrected chi connectivity index (χ2v) is 6.84. The van der Waals surface area contributed by atoms with Crippen molar-refractivity contribution in [3.8, 4) is 6.07 Å². The van der Waals surface area contributed by atoms with Gasteiger partial charge in [0.15, 0.2) is 0 Å². The molecule has 21 heavy (non-hydrogen) atoms. The Morgan fingerprint density at radius 1 is 1.38 bits per heavy atom. The summed E-state index contributed by atoms with van der Waals surface area (Å²) in [7, 11) is 0. The predicted octanol–water partition coefficient (Wildman–Crippen LogP) is 2.57. The fraction of sp³-hybridized carbons (Fsp3) is 0.625.